The fraction of sp³-hybridized carbons (Fsp3) is 1.00. The van der Waals surface area contributed by atoms with E-state index in [-0.39, 0.29) is 0 Å². The summed E-state index contributed by atoms with van der Waals surface area (Å²) in [4.78, 5) is 0. The average molecular weight is 231 g/mol. The third kappa shape index (κ3) is 5.25. The lowest BCUT2D eigenvalue weighted by Gasteiger charge is -2.23. The molecule has 0 radical (unpaired) electrons. The normalized spacial score (nSPS) is 22.5. The molecule has 0 aromatic carbocycles. The van der Waals surface area contributed by atoms with Gasteiger partial charge < -0.3 is 19.5 Å². The summed E-state index contributed by atoms with van der Waals surface area (Å²) >= 11 is 0. The van der Waals surface area contributed by atoms with Crippen LogP contribution in [0.4, 0.5) is 0 Å². The van der Waals surface area contributed by atoms with Crippen LogP contribution >= 0.6 is 0 Å². The second-order valence-electron chi connectivity index (χ2n) is 4.06. The van der Waals surface area contributed by atoms with Crippen LogP contribution in [0.2, 0.25) is 0 Å². The van der Waals surface area contributed by atoms with Crippen molar-refractivity contribution in [3.63, 3.8) is 0 Å². The van der Waals surface area contributed by atoms with Crippen molar-refractivity contribution in [2.24, 2.45) is 5.92 Å². The summed E-state index contributed by atoms with van der Waals surface area (Å²) in [5, 5.41) is 3.47. The van der Waals surface area contributed by atoms with Crippen molar-refractivity contribution in [1.82, 2.24) is 5.32 Å². The SMILES string of the molecule is CCNC(COCCOCC)C1CCOC1. The average Bonchev–Trinajstić information content (AvgIpc) is 2.81. The van der Waals surface area contributed by atoms with E-state index in [2.05, 4.69) is 12.2 Å². The quantitative estimate of drug-likeness (QED) is 0.602. The molecule has 4 nitrogen and oxygen atoms in total. The molecule has 1 rings (SSSR count). The third-order valence-corrected chi connectivity index (χ3v) is 2.87. The number of hydrogen-bond donors (Lipinski definition) is 1. The predicted octanol–water partition coefficient (Wildman–Crippen LogP) is 1.05. The molecule has 1 fully saturated rings. The van der Waals surface area contributed by atoms with E-state index in [4.69, 9.17) is 14.2 Å². The smallest absolute Gasteiger partial charge is 0.0701 e. The minimum absolute atomic E-state index is 0.425. The van der Waals surface area contributed by atoms with Crippen molar-refractivity contribution in [2.45, 2.75) is 26.3 Å². The van der Waals surface area contributed by atoms with Gasteiger partial charge in [-0.1, -0.05) is 6.92 Å². The summed E-state index contributed by atoms with van der Waals surface area (Å²) in [5.41, 5.74) is 0. The van der Waals surface area contributed by atoms with Gasteiger partial charge >= 0.3 is 0 Å². The van der Waals surface area contributed by atoms with Gasteiger partial charge in [0.15, 0.2) is 0 Å². The van der Waals surface area contributed by atoms with Crippen molar-refractivity contribution in [1.29, 1.82) is 0 Å². The molecule has 0 aromatic heterocycles. The maximum absolute atomic E-state index is 5.62. The summed E-state index contributed by atoms with van der Waals surface area (Å²) in [6.07, 6.45) is 1.15. The van der Waals surface area contributed by atoms with E-state index in [0.717, 1.165) is 39.4 Å². The first-order valence-electron chi connectivity index (χ1n) is 6.35. The molecule has 0 spiro atoms. The van der Waals surface area contributed by atoms with Gasteiger partial charge in [-0.2, -0.15) is 0 Å². The summed E-state index contributed by atoms with van der Waals surface area (Å²) in [5.74, 6) is 0.604. The zero-order chi connectivity index (χ0) is 11.6. The van der Waals surface area contributed by atoms with Crippen LogP contribution in [0.5, 0.6) is 0 Å². The molecule has 16 heavy (non-hydrogen) atoms. The van der Waals surface area contributed by atoms with Crippen LogP contribution in [0.3, 0.4) is 0 Å². The minimum Gasteiger partial charge on any atom is -0.381 e. The highest BCUT2D eigenvalue weighted by Gasteiger charge is 2.24. The molecular weight excluding hydrogens is 206 g/mol. The highest BCUT2D eigenvalue weighted by Crippen LogP contribution is 2.16. The summed E-state index contributed by atoms with van der Waals surface area (Å²) in [7, 11) is 0. The number of hydrogen-bond acceptors (Lipinski definition) is 4. The van der Waals surface area contributed by atoms with Crippen molar-refractivity contribution >= 4 is 0 Å². The molecule has 1 aliphatic rings. The molecule has 0 amide bonds. The van der Waals surface area contributed by atoms with E-state index in [9.17, 15) is 0 Å². The van der Waals surface area contributed by atoms with Crippen molar-refractivity contribution in [3.8, 4) is 0 Å². The van der Waals surface area contributed by atoms with Gasteiger partial charge in [0.05, 0.1) is 26.4 Å². The first-order chi connectivity index (χ1) is 7.88. The summed E-state index contributed by atoms with van der Waals surface area (Å²) in [6, 6.07) is 0.425. The van der Waals surface area contributed by atoms with Gasteiger partial charge in [0.25, 0.3) is 0 Å². The Labute approximate surface area is 98.6 Å². The van der Waals surface area contributed by atoms with Crippen LogP contribution in [0, 0.1) is 5.92 Å². The maximum Gasteiger partial charge on any atom is 0.0701 e. The van der Waals surface area contributed by atoms with Crippen molar-refractivity contribution in [3.05, 3.63) is 0 Å². The Hall–Kier alpha value is -0.160. The Kier molecular flexibility index (Phi) is 7.76. The van der Waals surface area contributed by atoms with Crippen molar-refractivity contribution < 1.29 is 14.2 Å². The molecule has 0 aliphatic carbocycles. The molecule has 1 N–H and O–H groups in total. The van der Waals surface area contributed by atoms with E-state index in [0.29, 0.717) is 25.2 Å². The van der Waals surface area contributed by atoms with E-state index in [1.165, 1.54) is 0 Å². The molecule has 4 heteroatoms. The van der Waals surface area contributed by atoms with Gasteiger partial charge in [0, 0.05) is 25.2 Å². The lowest BCUT2D eigenvalue weighted by molar-refractivity contribution is 0.0349. The van der Waals surface area contributed by atoms with Crippen LogP contribution in [-0.4, -0.2) is 52.2 Å². The topological polar surface area (TPSA) is 39.7 Å². The molecular formula is C12H25NO3. The Morgan fingerprint density at radius 1 is 1.31 bits per heavy atom. The van der Waals surface area contributed by atoms with E-state index < -0.39 is 0 Å². The number of rotatable bonds is 9. The maximum atomic E-state index is 5.62. The first kappa shape index (κ1) is 13.9. The minimum atomic E-state index is 0.425. The summed E-state index contributed by atoms with van der Waals surface area (Å²) < 4.78 is 16.3. The number of nitrogens with one attached hydrogen (secondary N) is 1. The number of ether oxygens (including phenoxy) is 3. The second-order valence-corrected chi connectivity index (χ2v) is 4.06. The van der Waals surface area contributed by atoms with Gasteiger partial charge in [0.1, 0.15) is 0 Å². The molecule has 1 saturated heterocycles. The Morgan fingerprint density at radius 3 is 2.75 bits per heavy atom. The third-order valence-electron chi connectivity index (χ3n) is 2.87. The van der Waals surface area contributed by atoms with E-state index in [1.54, 1.807) is 0 Å². The van der Waals surface area contributed by atoms with Crippen LogP contribution in [-0.2, 0) is 14.2 Å². The molecule has 2 atom stereocenters. The van der Waals surface area contributed by atoms with E-state index in [1.807, 2.05) is 6.92 Å². The largest absolute Gasteiger partial charge is 0.381 e. The molecule has 1 heterocycles. The Balaban J connectivity index is 2.12. The van der Waals surface area contributed by atoms with Gasteiger partial charge in [-0.25, -0.2) is 0 Å². The summed E-state index contributed by atoms with van der Waals surface area (Å²) in [6.45, 7) is 9.76. The highest BCUT2D eigenvalue weighted by atomic mass is 16.5. The molecule has 0 bridgehead atoms. The molecule has 96 valence electrons. The predicted molar refractivity (Wildman–Crippen MR) is 63.7 cm³/mol. The lowest BCUT2D eigenvalue weighted by atomic mass is 10.00. The zero-order valence-electron chi connectivity index (χ0n) is 10.5. The molecule has 0 saturated carbocycles. The van der Waals surface area contributed by atoms with Crippen LogP contribution in [0.1, 0.15) is 20.3 Å². The molecule has 2 unspecified atom stereocenters. The first-order valence-corrected chi connectivity index (χ1v) is 6.35. The van der Waals surface area contributed by atoms with Crippen molar-refractivity contribution in [2.75, 3.05) is 46.2 Å². The van der Waals surface area contributed by atoms with Gasteiger partial charge in [-0.3, -0.25) is 0 Å². The van der Waals surface area contributed by atoms with Crippen LogP contribution in [0.25, 0.3) is 0 Å². The monoisotopic (exact) mass is 231 g/mol. The van der Waals surface area contributed by atoms with E-state index >= 15 is 0 Å². The zero-order valence-corrected chi connectivity index (χ0v) is 10.5. The van der Waals surface area contributed by atoms with Gasteiger partial charge in [-0.05, 0) is 19.9 Å². The fourth-order valence-corrected chi connectivity index (χ4v) is 1.97. The van der Waals surface area contributed by atoms with Crippen LogP contribution in [0.15, 0.2) is 0 Å². The standard InChI is InChI=1S/C12H25NO3/c1-3-13-12(11-5-6-15-9-11)10-16-8-7-14-4-2/h11-13H,3-10H2,1-2H3. The number of likely N-dealkylation sites (N-methyl/N-ethyl adjacent to an activating group) is 1. The highest BCUT2D eigenvalue weighted by molar-refractivity contribution is 4.78. The van der Waals surface area contributed by atoms with Gasteiger partial charge in [-0.15, -0.1) is 0 Å². The molecule has 0 aromatic rings. The lowest BCUT2D eigenvalue weighted by Crippen LogP contribution is -2.40. The Morgan fingerprint density at radius 2 is 2.12 bits per heavy atom. The fourth-order valence-electron chi connectivity index (χ4n) is 1.97. The van der Waals surface area contributed by atoms with Crippen LogP contribution < -0.4 is 5.32 Å². The molecule has 1 aliphatic heterocycles. The second kappa shape index (κ2) is 8.93. The Bertz CT molecular complexity index is 160. The van der Waals surface area contributed by atoms with Gasteiger partial charge in [0.2, 0.25) is 0 Å².